The molecular formula is C29H21F2N5O2. The molecule has 0 aliphatic rings. The topological polar surface area (TPSA) is 98.4 Å². The van der Waals surface area contributed by atoms with E-state index in [-0.39, 0.29) is 17.1 Å². The molecule has 2 aromatic carbocycles. The molecule has 0 spiro atoms. The van der Waals surface area contributed by atoms with Crippen molar-refractivity contribution >= 4 is 22.4 Å². The number of aromatic nitrogens is 4. The molecule has 1 unspecified atom stereocenters. The molecule has 0 amide bonds. The summed E-state index contributed by atoms with van der Waals surface area (Å²) in [6.45, 7) is 1.91. The van der Waals surface area contributed by atoms with E-state index in [9.17, 15) is 18.7 Å². The van der Waals surface area contributed by atoms with E-state index in [0.29, 0.717) is 44.4 Å². The third kappa shape index (κ3) is 3.76. The summed E-state index contributed by atoms with van der Waals surface area (Å²) in [5.74, 6) is -1.17. The molecule has 4 heterocycles. The second kappa shape index (κ2) is 8.81. The quantitative estimate of drug-likeness (QED) is 0.325. The Kier molecular flexibility index (Phi) is 5.41. The summed E-state index contributed by atoms with van der Waals surface area (Å²) >= 11 is 0. The molecule has 0 aliphatic carbocycles. The van der Waals surface area contributed by atoms with Gasteiger partial charge in [0, 0.05) is 29.5 Å². The number of aromatic hydroxyl groups is 1. The fraction of sp³-hybridized carbons (Fsp3) is 0.0690. The molecule has 38 heavy (non-hydrogen) atoms. The number of hydrogen-bond acceptors (Lipinski definition) is 5. The molecule has 188 valence electrons. The molecule has 0 aliphatic heterocycles. The highest BCUT2D eigenvalue weighted by molar-refractivity contribution is 6.01. The molecule has 6 aromatic rings. The summed E-state index contributed by atoms with van der Waals surface area (Å²) in [6.07, 6.45) is 4.27. The molecule has 0 saturated heterocycles. The minimum atomic E-state index is -0.606. The largest absolute Gasteiger partial charge is 0.508 e. The standard InChI is InChI=1S/C29H21F2N5O2/c1-16(23-12-21-8-7-19(30)13-36(21)29(38)25(23)17-5-3-2-4-6-17)35-14-24(18-9-20(31)11-22(37)10-18)26-27(32)33-15-34-28(26)35/h2-16,37H,1H3,(H2,32,33,34). The Hall–Kier alpha value is -5.05. The van der Waals surface area contributed by atoms with Gasteiger partial charge in [-0.2, -0.15) is 0 Å². The number of pyridine rings is 2. The average molecular weight is 510 g/mol. The molecule has 9 heteroatoms. The lowest BCUT2D eigenvalue weighted by Crippen LogP contribution is -2.21. The van der Waals surface area contributed by atoms with Crippen LogP contribution in [0.5, 0.6) is 5.75 Å². The number of phenols is 1. The van der Waals surface area contributed by atoms with Crippen molar-refractivity contribution in [2.24, 2.45) is 0 Å². The van der Waals surface area contributed by atoms with Crippen molar-refractivity contribution in [2.45, 2.75) is 13.0 Å². The molecule has 0 saturated carbocycles. The predicted octanol–water partition coefficient (Wildman–Crippen LogP) is 5.55. The van der Waals surface area contributed by atoms with Crippen LogP contribution < -0.4 is 11.3 Å². The van der Waals surface area contributed by atoms with E-state index in [4.69, 9.17) is 5.73 Å². The summed E-state index contributed by atoms with van der Waals surface area (Å²) in [6, 6.07) is 17.2. The summed E-state index contributed by atoms with van der Waals surface area (Å²) in [5.41, 5.74) is 9.58. The van der Waals surface area contributed by atoms with Gasteiger partial charge in [-0.1, -0.05) is 30.3 Å². The van der Waals surface area contributed by atoms with Crippen LogP contribution in [-0.2, 0) is 0 Å². The lowest BCUT2D eigenvalue weighted by molar-refractivity contribution is 0.469. The van der Waals surface area contributed by atoms with Crippen LogP contribution in [0.2, 0.25) is 0 Å². The van der Waals surface area contributed by atoms with Crippen LogP contribution in [-0.4, -0.2) is 24.0 Å². The van der Waals surface area contributed by atoms with Crippen LogP contribution in [0.25, 0.3) is 38.8 Å². The zero-order valence-electron chi connectivity index (χ0n) is 20.1. The maximum Gasteiger partial charge on any atom is 0.263 e. The maximum absolute atomic E-state index is 14.2. The van der Waals surface area contributed by atoms with Crippen LogP contribution in [0.4, 0.5) is 14.6 Å². The number of benzene rings is 2. The summed E-state index contributed by atoms with van der Waals surface area (Å²) in [4.78, 5) is 22.3. The number of nitrogens with zero attached hydrogens (tertiary/aromatic N) is 4. The van der Waals surface area contributed by atoms with Crippen LogP contribution >= 0.6 is 0 Å². The van der Waals surface area contributed by atoms with Crippen LogP contribution in [0.1, 0.15) is 18.5 Å². The highest BCUT2D eigenvalue weighted by Gasteiger charge is 2.24. The van der Waals surface area contributed by atoms with Crippen molar-refractivity contribution in [3.05, 3.63) is 113 Å². The number of phenolic OH excluding ortho intramolecular Hbond substituents is 1. The zero-order chi connectivity index (χ0) is 26.6. The van der Waals surface area contributed by atoms with Crippen molar-refractivity contribution in [1.29, 1.82) is 0 Å². The van der Waals surface area contributed by atoms with E-state index in [2.05, 4.69) is 9.97 Å². The lowest BCUT2D eigenvalue weighted by atomic mass is 9.96. The Bertz CT molecular complexity index is 1890. The molecular weight excluding hydrogens is 488 g/mol. The highest BCUT2D eigenvalue weighted by Crippen LogP contribution is 2.38. The van der Waals surface area contributed by atoms with E-state index < -0.39 is 17.7 Å². The number of hydrogen-bond donors (Lipinski definition) is 2. The van der Waals surface area contributed by atoms with E-state index >= 15 is 0 Å². The summed E-state index contributed by atoms with van der Waals surface area (Å²) in [7, 11) is 0. The van der Waals surface area contributed by atoms with Crippen LogP contribution in [0.15, 0.2) is 90.2 Å². The molecule has 3 N–H and O–H groups in total. The second-order valence-corrected chi connectivity index (χ2v) is 9.07. The molecule has 0 bridgehead atoms. The predicted molar refractivity (Wildman–Crippen MR) is 142 cm³/mol. The van der Waals surface area contributed by atoms with Crippen molar-refractivity contribution in [2.75, 3.05) is 5.73 Å². The van der Waals surface area contributed by atoms with Gasteiger partial charge in [-0.25, -0.2) is 18.7 Å². The maximum atomic E-state index is 14.2. The van der Waals surface area contributed by atoms with Crippen molar-refractivity contribution in [1.82, 2.24) is 18.9 Å². The minimum absolute atomic E-state index is 0.192. The Labute approximate surface area is 215 Å². The number of anilines is 1. The molecule has 1 atom stereocenters. The van der Waals surface area contributed by atoms with E-state index in [1.54, 1.807) is 12.3 Å². The van der Waals surface area contributed by atoms with E-state index in [1.807, 2.05) is 47.9 Å². The number of halogens is 2. The van der Waals surface area contributed by atoms with Crippen molar-refractivity contribution in [3.8, 4) is 28.0 Å². The number of fused-ring (bicyclic) bond motifs is 2. The fourth-order valence-electron chi connectivity index (χ4n) is 4.98. The fourth-order valence-corrected chi connectivity index (χ4v) is 4.98. The van der Waals surface area contributed by atoms with Gasteiger partial charge in [0.25, 0.3) is 5.56 Å². The number of nitrogens with two attached hydrogens (primary N) is 1. The second-order valence-electron chi connectivity index (χ2n) is 9.07. The van der Waals surface area contributed by atoms with E-state index in [1.165, 1.54) is 35.1 Å². The summed E-state index contributed by atoms with van der Waals surface area (Å²) < 4.78 is 31.4. The van der Waals surface area contributed by atoms with Crippen molar-refractivity contribution < 1.29 is 13.9 Å². The molecule has 7 nitrogen and oxygen atoms in total. The first-order valence-corrected chi connectivity index (χ1v) is 11.8. The van der Waals surface area contributed by atoms with Gasteiger partial charge in [0.15, 0.2) is 0 Å². The lowest BCUT2D eigenvalue weighted by Gasteiger charge is -2.20. The Morgan fingerprint density at radius 1 is 0.921 bits per heavy atom. The number of rotatable bonds is 4. The normalized spacial score (nSPS) is 12.3. The van der Waals surface area contributed by atoms with Gasteiger partial charge in [0.2, 0.25) is 0 Å². The van der Waals surface area contributed by atoms with Crippen LogP contribution in [0.3, 0.4) is 0 Å². The molecule has 4 aromatic heterocycles. The van der Waals surface area contributed by atoms with E-state index in [0.717, 1.165) is 6.07 Å². The SMILES string of the molecule is CC(c1cc2ccc(F)cn2c(=O)c1-c1ccccc1)n1cc(-c2cc(O)cc(F)c2)c2c(N)ncnc21. The van der Waals surface area contributed by atoms with Crippen LogP contribution in [0, 0.1) is 11.6 Å². The Balaban J connectivity index is 1.65. The zero-order valence-corrected chi connectivity index (χ0v) is 20.1. The Morgan fingerprint density at radius 2 is 1.71 bits per heavy atom. The van der Waals surface area contributed by atoms with Gasteiger partial charge in [-0.15, -0.1) is 0 Å². The first-order chi connectivity index (χ1) is 18.3. The smallest absolute Gasteiger partial charge is 0.263 e. The summed E-state index contributed by atoms with van der Waals surface area (Å²) in [5, 5.41) is 10.5. The Morgan fingerprint density at radius 3 is 2.47 bits per heavy atom. The molecule has 6 rings (SSSR count). The third-order valence-corrected chi connectivity index (χ3v) is 6.73. The first kappa shape index (κ1) is 23.4. The van der Waals surface area contributed by atoms with Gasteiger partial charge in [0.1, 0.15) is 35.2 Å². The third-order valence-electron chi connectivity index (χ3n) is 6.73. The average Bonchev–Trinajstić information content (AvgIpc) is 3.30. The van der Waals surface area contributed by atoms with Crippen molar-refractivity contribution in [3.63, 3.8) is 0 Å². The molecule has 0 radical (unpaired) electrons. The van der Waals surface area contributed by atoms with Gasteiger partial charge >= 0.3 is 0 Å². The first-order valence-electron chi connectivity index (χ1n) is 11.8. The van der Waals surface area contributed by atoms with Gasteiger partial charge in [0.05, 0.1) is 17.0 Å². The monoisotopic (exact) mass is 509 g/mol. The number of nitrogen functional groups attached to an aromatic ring is 1. The minimum Gasteiger partial charge on any atom is -0.508 e. The van der Waals surface area contributed by atoms with Gasteiger partial charge < -0.3 is 15.4 Å². The highest BCUT2D eigenvalue weighted by atomic mass is 19.1. The molecule has 0 fully saturated rings. The van der Waals surface area contributed by atoms with Gasteiger partial charge in [-0.05, 0) is 53.9 Å². The van der Waals surface area contributed by atoms with Gasteiger partial charge in [-0.3, -0.25) is 9.20 Å².